The summed E-state index contributed by atoms with van der Waals surface area (Å²) in [7, 11) is 1.64. The van der Waals surface area contributed by atoms with Crippen LogP contribution in [0.1, 0.15) is 12.8 Å². The van der Waals surface area contributed by atoms with Crippen molar-refractivity contribution in [3.05, 3.63) is 28.7 Å². The summed E-state index contributed by atoms with van der Waals surface area (Å²) >= 11 is 0. The Morgan fingerprint density at radius 2 is 2.14 bits per heavy atom. The van der Waals surface area contributed by atoms with Gasteiger partial charge >= 0.3 is 5.76 Å². The molecule has 0 saturated carbocycles. The van der Waals surface area contributed by atoms with Crippen molar-refractivity contribution in [3.8, 4) is 0 Å². The van der Waals surface area contributed by atoms with Gasteiger partial charge in [0.25, 0.3) is 0 Å². The van der Waals surface area contributed by atoms with Gasteiger partial charge in [0.1, 0.15) is 0 Å². The van der Waals surface area contributed by atoms with Gasteiger partial charge in [0.15, 0.2) is 5.58 Å². The Kier molecular flexibility index (Phi) is 3.76. The number of hydrogen-bond donors (Lipinski definition) is 2. The monoisotopic (exact) mass is 305 g/mol. The normalized spacial score (nSPS) is 17.5. The number of nitrogens with one attached hydrogen (secondary N) is 1. The first-order valence-electron chi connectivity index (χ1n) is 7.25. The number of carbonyl (C=O) groups is 1. The van der Waals surface area contributed by atoms with E-state index >= 15 is 0 Å². The second-order valence-corrected chi connectivity index (χ2v) is 5.66. The van der Waals surface area contributed by atoms with Crippen LogP contribution < -0.4 is 16.8 Å². The molecule has 1 saturated heterocycles. The minimum absolute atomic E-state index is 0.115. The van der Waals surface area contributed by atoms with Crippen LogP contribution in [0.15, 0.2) is 27.4 Å². The summed E-state index contributed by atoms with van der Waals surface area (Å²) in [5.74, 6) is -0.544. The maximum Gasteiger partial charge on any atom is 0.419 e. The zero-order chi connectivity index (χ0) is 15.7. The first-order valence-corrected chi connectivity index (χ1v) is 7.25. The lowest BCUT2D eigenvalue weighted by molar-refractivity contribution is -0.130. The molecule has 0 spiro atoms. The summed E-state index contributed by atoms with van der Waals surface area (Å²) in [5, 5.41) is 2.88. The first-order chi connectivity index (χ1) is 10.6. The molecule has 0 bridgehead atoms. The summed E-state index contributed by atoms with van der Waals surface area (Å²) in [6.45, 7) is 1.36. The van der Waals surface area contributed by atoms with Gasteiger partial charge in [-0.25, -0.2) is 4.79 Å². The fraction of sp³-hybridized carbons (Fsp3) is 0.467. The Morgan fingerprint density at radius 3 is 2.82 bits per heavy atom. The minimum Gasteiger partial charge on any atom is -0.408 e. The average molecular weight is 305 g/mol. The van der Waals surface area contributed by atoms with Crippen LogP contribution in [0.2, 0.25) is 0 Å². The van der Waals surface area contributed by atoms with Gasteiger partial charge < -0.3 is 20.2 Å². The number of aryl methyl sites for hydroxylation is 1. The lowest BCUT2D eigenvalue weighted by atomic mass is 9.79. The van der Waals surface area contributed by atoms with E-state index < -0.39 is 11.2 Å². The third-order valence-corrected chi connectivity index (χ3v) is 4.37. The number of ether oxygens (including phenoxy) is 1. The van der Waals surface area contributed by atoms with E-state index in [0.717, 1.165) is 0 Å². The summed E-state index contributed by atoms with van der Waals surface area (Å²) in [6, 6.07) is 5.14. The fourth-order valence-corrected chi connectivity index (χ4v) is 2.76. The number of benzene rings is 1. The van der Waals surface area contributed by atoms with E-state index in [4.69, 9.17) is 14.9 Å². The molecule has 0 radical (unpaired) electrons. The van der Waals surface area contributed by atoms with Crippen molar-refractivity contribution in [2.75, 3.05) is 25.1 Å². The van der Waals surface area contributed by atoms with Crippen molar-refractivity contribution in [3.63, 3.8) is 0 Å². The Morgan fingerprint density at radius 1 is 1.41 bits per heavy atom. The molecule has 1 aliphatic heterocycles. The second-order valence-electron chi connectivity index (χ2n) is 5.66. The number of nitrogens with two attached hydrogens (primary N) is 1. The Labute approximate surface area is 127 Å². The number of anilines is 1. The summed E-state index contributed by atoms with van der Waals surface area (Å²) in [6.07, 6.45) is 1.22. The highest BCUT2D eigenvalue weighted by Crippen LogP contribution is 2.31. The van der Waals surface area contributed by atoms with Crippen molar-refractivity contribution in [2.24, 2.45) is 18.2 Å². The smallest absolute Gasteiger partial charge is 0.408 e. The van der Waals surface area contributed by atoms with Gasteiger partial charge in [0.05, 0.1) is 10.9 Å². The molecule has 3 N–H and O–H groups in total. The maximum atomic E-state index is 12.6. The number of amides is 1. The molecule has 1 fully saturated rings. The number of nitrogens with zero attached hydrogens (tertiary/aromatic N) is 1. The molecule has 0 aliphatic carbocycles. The number of oxazole rings is 1. The topological polar surface area (TPSA) is 99.5 Å². The Hall–Kier alpha value is -2.12. The molecule has 0 atom stereocenters. The van der Waals surface area contributed by atoms with Crippen LogP contribution in [0, 0.1) is 5.41 Å². The van der Waals surface area contributed by atoms with E-state index in [9.17, 15) is 9.59 Å². The maximum absolute atomic E-state index is 12.6. The standard InChI is InChI=1S/C15H19N3O4/c1-18-11-3-2-10(8-12(11)22-14(18)20)17-13(19)15(9-16)4-6-21-7-5-15/h2-3,8H,4-7,9,16H2,1H3,(H,17,19). The fourth-order valence-electron chi connectivity index (χ4n) is 2.76. The summed E-state index contributed by atoms with van der Waals surface area (Å²) < 4.78 is 11.9. The average Bonchev–Trinajstić information content (AvgIpc) is 2.82. The van der Waals surface area contributed by atoms with Crippen LogP contribution in [-0.2, 0) is 16.6 Å². The molecule has 7 nitrogen and oxygen atoms in total. The largest absolute Gasteiger partial charge is 0.419 e. The molecule has 118 valence electrons. The molecule has 22 heavy (non-hydrogen) atoms. The molecule has 2 aromatic rings. The molecule has 1 aromatic heterocycles. The molecule has 1 aromatic carbocycles. The zero-order valence-corrected chi connectivity index (χ0v) is 12.4. The van der Waals surface area contributed by atoms with Crippen molar-refractivity contribution in [1.29, 1.82) is 0 Å². The van der Waals surface area contributed by atoms with Crippen LogP contribution >= 0.6 is 0 Å². The quantitative estimate of drug-likeness (QED) is 0.875. The van der Waals surface area contributed by atoms with Gasteiger partial charge in [-0.3, -0.25) is 9.36 Å². The summed E-state index contributed by atoms with van der Waals surface area (Å²) in [4.78, 5) is 24.1. The van der Waals surface area contributed by atoms with E-state index in [-0.39, 0.29) is 12.5 Å². The van der Waals surface area contributed by atoms with Crippen LogP contribution in [0.25, 0.3) is 11.1 Å². The minimum atomic E-state index is -0.593. The van der Waals surface area contributed by atoms with Crippen molar-refractivity contribution < 1.29 is 13.9 Å². The first kappa shape index (κ1) is 14.8. The lowest BCUT2D eigenvalue weighted by Gasteiger charge is -2.34. The van der Waals surface area contributed by atoms with Crippen LogP contribution in [0.3, 0.4) is 0 Å². The van der Waals surface area contributed by atoms with Gasteiger partial charge in [0.2, 0.25) is 5.91 Å². The van der Waals surface area contributed by atoms with Crippen LogP contribution in [-0.4, -0.2) is 30.2 Å². The highest BCUT2D eigenvalue weighted by Gasteiger charge is 2.38. The molecule has 1 aliphatic rings. The van der Waals surface area contributed by atoms with Gasteiger partial charge in [0, 0.05) is 38.6 Å². The number of fused-ring (bicyclic) bond motifs is 1. The van der Waals surface area contributed by atoms with Crippen LogP contribution in [0.5, 0.6) is 0 Å². The lowest BCUT2D eigenvalue weighted by Crippen LogP contribution is -2.46. The third kappa shape index (κ3) is 2.42. The van der Waals surface area contributed by atoms with E-state index in [0.29, 0.717) is 42.8 Å². The number of hydrogen-bond acceptors (Lipinski definition) is 5. The predicted octanol–water partition coefficient (Wildman–Crippen LogP) is 0.825. The predicted molar refractivity (Wildman–Crippen MR) is 81.6 cm³/mol. The Balaban J connectivity index is 1.85. The van der Waals surface area contributed by atoms with E-state index in [1.165, 1.54) is 4.57 Å². The van der Waals surface area contributed by atoms with Crippen molar-refractivity contribution in [1.82, 2.24) is 4.57 Å². The SMILES string of the molecule is Cn1c(=O)oc2cc(NC(=O)C3(CN)CCOCC3)ccc21. The summed E-state index contributed by atoms with van der Waals surface area (Å²) in [5.41, 5.74) is 6.95. The van der Waals surface area contributed by atoms with E-state index in [1.807, 2.05) is 0 Å². The number of aromatic nitrogens is 1. The van der Waals surface area contributed by atoms with Gasteiger partial charge in [-0.2, -0.15) is 0 Å². The molecule has 2 heterocycles. The van der Waals surface area contributed by atoms with Gasteiger partial charge in [-0.1, -0.05) is 0 Å². The van der Waals surface area contributed by atoms with Crippen LogP contribution in [0.4, 0.5) is 5.69 Å². The van der Waals surface area contributed by atoms with E-state index in [1.54, 1.807) is 25.2 Å². The molecule has 7 heteroatoms. The van der Waals surface area contributed by atoms with Gasteiger partial charge in [-0.15, -0.1) is 0 Å². The molecule has 1 amide bonds. The highest BCUT2D eigenvalue weighted by atomic mass is 16.5. The number of rotatable bonds is 3. The molecule has 3 rings (SSSR count). The number of carbonyl (C=O) groups excluding carboxylic acids is 1. The molecule has 0 unspecified atom stereocenters. The Bertz CT molecular complexity index is 756. The third-order valence-electron chi connectivity index (χ3n) is 4.37. The van der Waals surface area contributed by atoms with E-state index in [2.05, 4.69) is 5.32 Å². The highest BCUT2D eigenvalue weighted by molar-refractivity contribution is 5.97. The second kappa shape index (κ2) is 5.58. The van der Waals surface area contributed by atoms with Gasteiger partial charge in [-0.05, 0) is 25.0 Å². The molecular weight excluding hydrogens is 286 g/mol. The van der Waals surface area contributed by atoms with Crippen molar-refractivity contribution >= 4 is 22.7 Å². The zero-order valence-electron chi connectivity index (χ0n) is 12.4. The molecular formula is C15H19N3O4. The van der Waals surface area contributed by atoms with Crippen molar-refractivity contribution in [2.45, 2.75) is 12.8 Å².